The number of hydrogen-bond donors (Lipinski definition) is 1. The van der Waals surface area contributed by atoms with Crippen molar-refractivity contribution in [2.24, 2.45) is 17.8 Å². The summed E-state index contributed by atoms with van der Waals surface area (Å²) in [5, 5.41) is 4.40. The van der Waals surface area contributed by atoms with E-state index in [4.69, 9.17) is 5.73 Å². The maximum absolute atomic E-state index is 5.94. The fourth-order valence-corrected chi connectivity index (χ4v) is 2.11. The highest BCUT2D eigenvalue weighted by molar-refractivity contribution is 5.77. The van der Waals surface area contributed by atoms with E-state index >= 15 is 0 Å². The number of hydrogen-bond acceptors (Lipinski definition) is 2. The van der Waals surface area contributed by atoms with E-state index in [9.17, 15) is 0 Å². The van der Waals surface area contributed by atoms with E-state index in [1.54, 1.807) is 0 Å². The van der Waals surface area contributed by atoms with Crippen LogP contribution in [0.5, 0.6) is 0 Å². The Kier molecular flexibility index (Phi) is 5.19. The van der Waals surface area contributed by atoms with Gasteiger partial charge in [-0.3, -0.25) is 9.67 Å². The molecule has 1 heterocycles. The molecule has 0 aliphatic carbocycles. The van der Waals surface area contributed by atoms with Crippen molar-refractivity contribution in [1.29, 1.82) is 0 Å². The number of rotatable bonds is 5. The number of aromatic nitrogens is 2. The number of guanidine groups is 1. The molecule has 0 fully saturated rings. The van der Waals surface area contributed by atoms with Gasteiger partial charge in [-0.25, -0.2) is 0 Å². The van der Waals surface area contributed by atoms with Gasteiger partial charge in [-0.15, -0.1) is 0 Å². The van der Waals surface area contributed by atoms with E-state index in [0.717, 1.165) is 31.7 Å². The fourth-order valence-electron chi connectivity index (χ4n) is 2.11. The lowest BCUT2D eigenvalue weighted by Gasteiger charge is -2.19. The predicted octanol–water partition coefficient (Wildman–Crippen LogP) is 1.24. The van der Waals surface area contributed by atoms with Crippen LogP contribution in [-0.2, 0) is 13.5 Å². The van der Waals surface area contributed by atoms with Gasteiger partial charge in [0.2, 0.25) is 0 Å². The average molecular weight is 251 g/mol. The predicted molar refractivity (Wildman–Crippen MR) is 75.8 cm³/mol. The van der Waals surface area contributed by atoms with Gasteiger partial charge in [0, 0.05) is 32.4 Å². The topological polar surface area (TPSA) is 59.4 Å². The van der Waals surface area contributed by atoms with Crippen molar-refractivity contribution >= 4 is 5.96 Å². The first-order valence-corrected chi connectivity index (χ1v) is 6.55. The standard InChI is InChI=1S/C13H25N5/c1-6-18(7-2)13(14)15-9-8-12-10(3)16-17(5)11(12)4/h6-9H2,1-5H3,(H2,14,15). The van der Waals surface area contributed by atoms with Crippen LogP contribution in [0.1, 0.15) is 30.8 Å². The van der Waals surface area contributed by atoms with Crippen LogP contribution in [0, 0.1) is 13.8 Å². The lowest BCUT2D eigenvalue weighted by Crippen LogP contribution is -2.37. The maximum atomic E-state index is 5.94. The first-order chi connectivity index (χ1) is 8.51. The molecule has 0 bridgehead atoms. The summed E-state index contributed by atoms with van der Waals surface area (Å²) >= 11 is 0. The lowest BCUT2D eigenvalue weighted by atomic mass is 10.1. The summed E-state index contributed by atoms with van der Waals surface area (Å²) in [7, 11) is 1.97. The summed E-state index contributed by atoms with van der Waals surface area (Å²) in [4.78, 5) is 6.49. The van der Waals surface area contributed by atoms with Crippen molar-refractivity contribution in [2.45, 2.75) is 34.1 Å². The average Bonchev–Trinajstić information content (AvgIpc) is 2.57. The molecule has 0 unspecified atom stereocenters. The van der Waals surface area contributed by atoms with Crippen LogP contribution in [-0.4, -0.2) is 40.3 Å². The zero-order valence-electron chi connectivity index (χ0n) is 12.2. The Bertz CT molecular complexity index is 415. The van der Waals surface area contributed by atoms with Crippen LogP contribution in [0.4, 0.5) is 0 Å². The Morgan fingerprint density at radius 2 is 1.94 bits per heavy atom. The van der Waals surface area contributed by atoms with Crippen molar-refractivity contribution in [1.82, 2.24) is 14.7 Å². The second-order valence-corrected chi connectivity index (χ2v) is 4.44. The first kappa shape index (κ1) is 14.5. The Morgan fingerprint density at radius 3 is 2.39 bits per heavy atom. The van der Waals surface area contributed by atoms with Crippen molar-refractivity contribution in [3.63, 3.8) is 0 Å². The molecule has 0 amide bonds. The summed E-state index contributed by atoms with van der Waals surface area (Å²) in [6.07, 6.45) is 0.896. The second-order valence-electron chi connectivity index (χ2n) is 4.44. The van der Waals surface area contributed by atoms with Gasteiger partial charge in [-0.2, -0.15) is 5.10 Å². The van der Waals surface area contributed by atoms with Crippen LogP contribution in [0.25, 0.3) is 0 Å². The Morgan fingerprint density at radius 1 is 1.33 bits per heavy atom. The summed E-state index contributed by atoms with van der Waals surface area (Å²) < 4.78 is 1.92. The Labute approximate surface area is 110 Å². The van der Waals surface area contributed by atoms with Crippen LogP contribution in [0.15, 0.2) is 4.99 Å². The molecule has 102 valence electrons. The number of nitrogens with two attached hydrogens (primary N) is 1. The molecule has 1 aromatic rings. The summed E-state index contributed by atoms with van der Waals surface area (Å²) in [6.45, 7) is 10.8. The van der Waals surface area contributed by atoms with Crippen molar-refractivity contribution < 1.29 is 0 Å². The highest BCUT2D eigenvalue weighted by Gasteiger charge is 2.08. The van der Waals surface area contributed by atoms with E-state index in [-0.39, 0.29) is 0 Å². The number of aryl methyl sites for hydroxylation is 2. The molecule has 2 N–H and O–H groups in total. The van der Waals surface area contributed by atoms with E-state index in [1.807, 2.05) is 18.7 Å². The molecule has 0 atom stereocenters. The van der Waals surface area contributed by atoms with E-state index in [2.05, 4.69) is 35.8 Å². The van der Waals surface area contributed by atoms with Gasteiger partial charge in [-0.05, 0) is 39.7 Å². The van der Waals surface area contributed by atoms with Gasteiger partial charge in [0.1, 0.15) is 0 Å². The Balaban J connectivity index is 2.63. The third-order valence-electron chi connectivity index (χ3n) is 3.38. The van der Waals surface area contributed by atoms with Crippen LogP contribution >= 0.6 is 0 Å². The van der Waals surface area contributed by atoms with Gasteiger partial charge in [0.15, 0.2) is 5.96 Å². The summed E-state index contributed by atoms with van der Waals surface area (Å²) in [5.74, 6) is 0.638. The molecule has 1 rings (SSSR count). The van der Waals surface area contributed by atoms with Crippen LogP contribution in [0.2, 0.25) is 0 Å². The SMILES string of the molecule is CCN(CC)C(N)=NCCc1c(C)nn(C)c1C. The van der Waals surface area contributed by atoms with Crippen molar-refractivity contribution in [2.75, 3.05) is 19.6 Å². The summed E-state index contributed by atoms with van der Waals surface area (Å²) in [6, 6.07) is 0. The van der Waals surface area contributed by atoms with E-state index in [1.165, 1.54) is 11.3 Å². The minimum Gasteiger partial charge on any atom is -0.370 e. The molecule has 0 radical (unpaired) electrons. The van der Waals surface area contributed by atoms with Gasteiger partial charge in [-0.1, -0.05) is 0 Å². The first-order valence-electron chi connectivity index (χ1n) is 6.55. The van der Waals surface area contributed by atoms with E-state index < -0.39 is 0 Å². The molecule has 1 aromatic heterocycles. The molecular formula is C13H25N5. The zero-order valence-corrected chi connectivity index (χ0v) is 12.2. The van der Waals surface area contributed by atoms with Gasteiger partial charge in [0.05, 0.1) is 5.69 Å². The number of aliphatic imine (C=N–C) groups is 1. The summed E-state index contributed by atoms with van der Waals surface area (Å²) in [5.41, 5.74) is 9.53. The van der Waals surface area contributed by atoms with Gasteiger partial charge < -0.3 is 10.6 Å². The second kappa shape index (κ2) is 6.42. The fraction of sp³-hybridized carbons (Fsp3) is 0.692. The minimum atomic E-state index is 0.638. The normalized spacial score (nSPS) is 11.9. The lowest BCUT2D eigenvalue weighted by molar-refractivity contribution is 0.458. The quantitative estimate of drug-likeness (QED) is 0.632. The number of nitrogens with zero attached hydrogens (tertiary/aromatic N) is 4. The van der Waals surface area contributed by atoms with Crippen LogP contribution in [0.3, 0.4) is 0 Å². The maximum Gasteiger partial charge on any atom is 0.191 e. The Hall–Kier alpha value is -1.52. The monoisotopic (exact) mass is 251 g/mol. The molecule has 0 saturated heterocycles. The molecule has 0 aliphatic heterocycles. The molecule has 5 heteroatoms. The van der Waals surface area contributed by atoms with Crippen molar-refractivity contribution in [3.8, 4) is 0 Å². The van der Waals surface area contributed by atoms with Crippen LogP contribution < -0.4 is 5.73 Å². The third-order valence-corrected chi connectivity index (χ3v) is 3.38. The molecule has 0 spiro atoms. The molecule has 0 aliphatic rings. The molecular weight excluding hydrogens is 226 g/mol. The molecule has 0 saturated carbocycles. The molecule has 5 nitrogen and oxygen atoms in total. The van der Waals surface area contributed by atoms with E-state index in [0.29, 0.717) is 5.96 Å². The van der Waals surface area contributed by atoms with Crippen molar-refractivity contribution in [3.05, 3.63) is 17.0 Å². The molecule has 0 aromatic carbocycles. The third kappa shape index (κ3) is 3.24. The zero-order chi connectivity index (χ0) is 13.7. The largest absolute Gasteiger partial charge is 0.370 e. The molecule has 18 heavy (non-hydrogen) atoms. The highest BCUT2D eigenvalue weighted by Crippen LogP contribution is 2.12. The van der Waals surface area contributed by atoms with Gasteiger partial charge in [0.25, 0.3) is 0 Å². The van der Waals surface area contributed by atoms with Gasteiger partial charge >= 0.3 is 0 Å². The highest BCUT2D eigenvalue weighted by atomic mass is 15.3. The smallest absolute Gasteiger partial charge is 0.191 e. The minimum absolute atomic E-state index is 0.638.